The maximum Gasteiger partial charge on any atom is 0.188 e. The fourth-order valence-corrected chi connectivity index (χ4v) is 6.95. The first-order valence-electron chi connectivity index (χ1n) is 10.9. The largest absolute Gasteiger partial charge is 0.417 e. The molecule has 0 rings (SSSR count). The van der Waals surface area contributed by atoms with E-state index >= 15 is 0 Å². The van der Waals surface area contributed by atoms with Crippen LogP contribution in [-0.2, 0) is 9.22 Å². The molecule has 0 aromatic carbocycles. The second kappa shape index (κ2) is 19.0. The van der Waals surface area contributed by atoms with Gasteiger partial charge in [0, 0.05) is 18.3 Å². The van der Waals surface area contributed by atoms with Crippen molar-refractivity contribution in [3.8, 4) is 0 Å². The van der Waals surface area contributed by atoms with Gasteiger partial charge in [-0.1, -0.05) is 83.9 Å². The Balaban J connectivity index is 3.71. The third kappa shape index (κ3) is 17.4. The molecule has 0 amide bonds. The molecule has 0 fully saturated rings. The number of carbonyl (C=O) groups excluding carboxylic acids is 1. The second-order valence-electron chi connectivity index (χ2n) is 7.38. The van der Waals surface area contributed by atoms with Crippen LogP contribution in [-0.4, -0.2) is 26.0 Å². The SMILES string of the molecule is CCCCCCCC(=O)SCCCC(C)O[SiH](CCCC)CCCC. The summed E-state index contributed by atoms with van der Waals surface area (Å²) in [7, 11) is -0.997. The highest BCUT2D eigenvalue weighted by atomic mass is 32.2. The molecule has 0 aliphatic carbocycles. The van der Waals surface area contributed by atoms with Gasteiger partial charge >= 0.3 is 0 Å². The lowest BCUT2D eigenvalue weighted by Crippen LogP contribution is -2.24. The molecule has 25 heavy (non-hydrogen) atoms. The lowest BCUT2D eigenvalue weighted by Gasteiger charge is -2.21. The average molecular weight is 389 g/mol. The predicted octanol–water partition coefficient (Wildman–Crippen LogP) is 7.12. The van der Waals surface area contributed by atoms with Gasteiger partial charge in [0.25, 0.3) is 0 Å². The molecular weight excluding hydrogens is 344 g/mol. The topological polar surface area (TPSA) is 26.3 Å². The third-order valence-electron chi connectivity index (χ3n) is 4.69. The van der Waals surface area contributed by atoms with Gasteiger partial charge in [0.15, 0.2) is 14.2 Å². The van der Waals surface area contributed by atoms with Crippen LogP contribution in [0.25, 0.3) is 0 Å². The van der Waals surface area contributed by atoms with Gasteiger partial charge in [-0.25, -0.2) is 0 Å². The van der Waals surface area contributed by atoms with Crippen molar-refractivity contribution in [1.29, 1.82) is 0 Å². The van der Waals surface area contributed by atoms with Crippen LogP contribution in [0.15, 0.2) is 0 Å². The molecule has 0 N–H and O–H groups in total. The van der Waals surface area contributed by atoms with Crippen LogP contribution < -0.4 is 0 Å². The van der Waals surface area contributed by atoms with Gasteiger partial charge in [0.2, 0.25) is 0 Å². The number of carbonyl (C=O) groups is 1. The molecule has 0 aliphatic heterocycles. The van der Waals surface area contributed by atoms with Crippen molar-refractivity contribution in [2.75, 3.05) is 5.75 Å². The summed E-state index contributed by atoms with van der Waals surface area (Å²) in [5.41, 5.74) is 0. The Bertz CT molecular complexity index is 292. The van der Waals surface area contributed by atoms with Gasteiger partial charge in [0.05, 0.1) is 0 Å². The zero-order valence-electron chi connectivity index (χ0n) is 17.5. The van der Waals surface area contributed by atoms with Crippen molar-refractivity contribution in [2.45, 2.75) is 123 Å². The van der Waals surface area contributed by atoms with Gasteiger partial charge in [-0.15, -0.1) is 0 Å². The Hall–Kier alpha value is 0.197. The van der Waals surface area contributed by atoms with Crippen LogP contribution in [0, 0.1) is 0 Å². The summed E-state index contributed by atoms with van der Waals surface area (Å²) >= 11 is 1.55. The van der Waals surface area contributed by atoms with Gasteiger partial charge < -0.3 is 4.43 Å². The van der Waals surface area contributed by atoms with E-state index in [0.29, 0.717) is 11.2 Å². The summed E-state index contributed by atoms with van der Waals surface area (Å²) in [6.07, 6.45) is 14.7. The molecule has 4 heteroatoms. The number of hydrogen-bond donors (Lipinski definition) is 0. The van der Waals surface area contributed by atoms with E-state index in [1.807, 2.05) is 0 Å². The van der Waals surface area contributed by atoms with E-state index in [1.165, 1.54) is 63.5 Å². The fraction of sp³-hybridized carbons (Fsp3) is 0.952. The van der Waals surface area contributed by atoms with Crippen molar-refractivity contribution >= 4 is 25.9 Å². The van der Waals surface area contributed by atoms with Crippen LogP contribution in [0.3, 0.4) is 0 Å². The van der Waals surface area contributed by atoms with Crippen LogP contribution in [0.1, 0.15) is 105 Å². The van der Waals surface area contributed by atoms with Crippen molar-refractivity contribution in [3.63, 3.8) is 0 Å². The molecular formula is C21H44O2SSi. The zero-order chi connectivity index (χ0) is 18.8. The van der Waals surface area contributed by atoms with Crippen LogP contribution in [0.4, 0.5) is 0 Å². The lowest BCUT2D eigenvalue weighted by atomic mass is 10.1. The van der Waals surface area contributed by atoms with E-state index in [0.717, 1.165) is 31.4 Å². The number of rotatable bonds is 18. The monoisotopic (exact) mass is 388 g/mol. The summed E-state index contributed by atoms with van der Waals surface area (Å²) in [5, 5.41) is 0.392. The Kier molecular flexibility index (Phi) is 19.1. The van der Waals surface area contributed by atoms with E-state index in [9.17, 15) is 4.79 Å². The molecule has 1 atom stereocenters. The maximum absolute atomic E-state index is 11.9. The summed E-state index contributed by atoms with van der Waals surface area (Å²) in [6, 6.07) is 2.68. The Morgan fingerprint density at radius 1 is 0.880 bits per heavy atom. The molecule has 1 unspecified atom stereocenters. The van der Waals surface area contributed by atoms with Crippen molar-refractivity contribution in [2.24, 2.45) is 0 Å². The predicted molar refractivity (Wildman–Crippen MR) is 117 cm³/mol. The van der Waals surface area contributed by atoms with Crippen LogP contribution in [0.2, 0.25) is 12.1 Å². The van der Waals surface area contributed by atoms with E-state index < -0.39 is 9.04 Å². The van der Waals surface area contributed by atoms with Gasteiger partial charge in [-0.3, -0.25) is 4.79 Å². The highest BCUT2D eigenvalue weighted by Gasteiger charge is 2.15. The summed E-state index contributed by atoms with van der Waals surface area (Å²) < 4.78 is 6.41. The fourth-order valence-electron chi connectivity index (χ4n) is 3.04. The normalized spacial score (nSPS) is 12.7. The minimum absolute atomic E-state index is 0.384. The number of hydrogen-bond acceptors (Lipinski definition) is 3. The standard InChI is InChI=1S/C21H44O2SSi/c1-5-8-11-12-13-16-21(22)24-17-14-15-20(4)23-25(18-9-6-2)19-10-7-3/h20,25H,5-19H2,1-4H3. The second-order valence-corrected chi connectivity index (χ2v) is 11.2. The van der Waals surface area contributed by atoms with Gasteiger partial charge in [-0.05, 0) is 38.3 Å². The molecule has 0 saturated heterocycles. The summed E-state index contributed by atoms with van der Waals surface area (Å²) in [5.74, 6) is 0.970. The number of thioether (sulfide) groups is 1. The quantitative estimate of drug-likeness (QED) is 0.185. The summed E-state index contributed by atoms with van der Waals surface area (Å²) in [4.78, 5) is 11.9. The highest BCUT2D eigenvalue weighted by Crippen LogP contribution is 2.17. The van der Waals surface area contributed by atoms with E-state index in [1.54, 1.807) is 11.8 Å². The van der Waals surface area contributed by atoms with Crippen molar-refractivity contribution in [3.05, 3.63) is 0 Å². The maximum atomic E-state index is 11.9. The zero-order valence-corrected chi connectivity index (χ0v) is 19.5. The van der Waals surface area contributed by atoms with Gasteiger partial charge in [0.1, 0.15) is 0 Å². The molecule has 0 bridgehead atoms. The van der Waals surface area contributed by atoms with E-state index in [4.69, 9.17) is 4.43 Å². The van der Waals surface area contributed by atoms with Crippen LogP contribution in [0.5, 0.6) is 0 Å². The van der Waals surface area contributed by atoms with Crippen molar-refractivity contribution < 1.29 is 9.22 Å². The first kappa shape index (κ1) is 25.2. The molecule has 0 aliphatic rings. The molecule has 0 saturated carbocycles. The Morgan fingerprint density at radius 2 is 1.48 bits per heavy atom. The lowest BCUT2D eigenvalue weighted by molar-refractivity contribution is -0.111. The van der Waals surface area contributed by atoms with E-state index in [-0.39, 0.29) is 0 Å². The molecule has 150 valence electrons. The Labute approximate surface area is 164 Å². The highest BCUT2D eigenvalue weighted by molar-refractivity contribution is 8.13. The third-order valence-corrected chi connectivity index (χ3v) is 8.66. The number of unbranched alkanes of at least 4 members (excludes halogenated alkanes) is 6. The summed E-state index contributed by atoms with van der Waals surface area (Å²) in [6.45, 7) is 9.00. The minimum atomic E-state index is -0.997. The van der Waals surface area contributed by atoms with E-state index in [2.05, 4.69) is 27.7 Å². The molecule has 0 heterocycles. The first-order chi connectivity index (χ1) is 12.1. The smallest absolute Gasteiger partial charge is 0.188 e. The first-order valence-corrected chi connectivity index (χ1v) is 14.0. The van der Waals surface area contributed by atoms with Crippen LogP contribution >= 0.6 is 11.8 Å². The minimum Gasteiger partial charge on any atom is -0.417 e. The molecule has 0 spiro atoms. The van der Waals surface area contributed by atoms with Crippen molar-refractivity contribution in [1.82, 2.24) is 0 Å². The Morgan fingerprint density at radius 3 is 2.08 bits per heavy atom. The molecule has 0 radical (unpaired) electrons. The average Bonchev–Trinajstić information content (AvgIpc) is 2.60. The van der Waals surface area contributed by atoms with Gasteiger partial charge in [-0.2, -0.15) is 0 Å². The molecule has 0 aromatic heterocycles. The molecule has 0 aromatic rings. The molecule has 2 nitrogen and oxygen atoms in total.